The van der Waals surface area contributed by atoms with Crippen molar-refractivity contribution < 1.29 is 0 Å². The second-order valence-electron chi connectivity index (χ2n) is 4.02. The lowest BCUT2D eigenvalue weighted by Crippen LogP contribution is -2.07. The molecule has 3 heterocycles. The van der Waals surface area contributed by atoms with Crippen molar-refractivity contribution in [1.29, 1.82) is 0 Å². The summed E-state index contributed by atoms with van der Waals surface area (Å²) >= 11 is 1.72. The molecular weight excluding hydrogens is 234 g/mol. The first kappa shape index (κ1) is 10.3. The third-order valence-corrected chi connectivity index (χ3v) is 3.67. The molecule has 0 saturated heterocycles. The van der Waals surface area contributed by atoms with E-state index in [0.717, 1.165) is 23.4 Å². The zero-order chi connectivity index (χ0) is 12.0. The minimum atomic E-state index is 0.546. The van der Waals surface area contributed by atoms with Crippen LogP contribution < -0.4 is 5.73 Å². The molecule has 0 bridgehead atoms. The maximum atomic E-state index is 5.97. The summed E-state index contributed by atoms with van der Waals surface area (Å²) in [6, 6.07) is 4.14. The third-order valence-electron chi connectivity index (χ3n) is 2.81. The van der Waals surface area contributed by atoms with E-state index >= 15 is 0 Å². The highest BCUT2D eigenvalue weighted by Gasteiger charge is 2.15. The fourth-order valence-electron chi connectivity index (χ4n) is 2.07. The summed E-state index contributed by atoms with van der Waals surface area (Å²) in [5, 5.41) is 6.43. The standard InChI is InChI=1S/C11H13N5S/c1-7-9-10(15(2)14-7)16(11(12)13-9)6-8-4-3-5-17-8/h3-5H,6H2,1-2H3,(H2,12,13). The number of nitrogens with zero attached hydrogens (tertiary/aromatic N) is 4. The van der Waals surface area contributed by atoms with Gasteiger partial charge in [-0.3, -0.25) is 9.25 Å². The SMILES string of the molecule is Cc1nn(C)c2c1nc(N)n2Cc1cccs1. The van der Waals surface area contributed by atoms with Crippen LogP contribution in [0.25, 0.3) is 11.2 Å². The number of hydrogen-bond acceptors (Lipinski definition) is 4. The lowest BCUT2D eigenvalue weighted by molar-refractivity contribution is 0.729. The molecule has 17 heavy (non-hydrogen) atoms. The van der Waals surface area contributed by atoms with Crippen LogP contribution in [-0.4, -0.2) is 19.3 Å². The van der Waals surface area contributed by atoms with Gasteiger partial charge in [0.15, 0.2) is 5.65 Å². The van der Waals surface area contributed by atoms with Gasteiger partial charge in [0.2, 0.25) is 5.95 Å². The van der Waals surface area contributed by atoms with E-state index in [1.807, 2.05) is 29.3 Å². The fourth-order valence-corrected chi connectivity index (χ4v) is 2.76. The monoisotopic (exact) mass is 247 g/mol. The van der Waals surface area contributed by atoms with Gasteiger partial charge < -0.3 is 5.73 Å². The maximum absolute atomic E-state index is 5.97. The van der Waals surface area contributed by atoms with Crippen LogP contribution in [0.5, 0.6) is 0 Å². The molecule has 3 rings (SSSR count). The Morgan fingerprint density at radius 1 is 1.47 bits per heavy atom. The molecule has 5 nitrogen and oxygen atoms in total. The predicted octanol–water partition coefficient (Wildman–Crippen LogP) is 1.77. The molecule has 0 amide bonds. The Kier molecular flexibility index (Phi) is 2.19. The summed E-state index contributed by atoms with van der Waals surface area (Å²) in [4.78, 5) is 5.64. The number of aromatic nitrogens is 4. The molecule has 0 fully saturated rings. The first-order valence-electron chi connectivity index (χ1n) is 5.34. The Hall–Kier alpha value is -1.82. The van der Waals surface area contributed by atoms with Gasteiger partial charge in [0.05, 0.1) is 12.2 Å². The minimum Gasteiger partial charge on any atom is -0.369 e. The molecule has 0 radical (unpaired) electrons. The Morgan fingerprint density at radius 3 is 3.00 bits per heavy atom. The number of hydrogen-bond donors (Lipinski definition) is 1. The van der Waals surface area contributed by atoms with Crippen LogP contribution >= 0.6 is 11.3 Å². The maximum Gasteiger partial charge on any atom is 0.202 e. The quantitative estimate of drug-likeness (QED) is 0.750. The molecule has 0 saturated carbocycles. The average molecular weight is 247 g/mol. The lowest BCUT2D eigenvalue weighted by Gasteiger charge is -2.04. The second-order valence-corrected chi connectivity index (χ2v) is 5.05. The summed E-state index contributed by atoms with van der Waals surface area (Å²) < 4.78 is 3.84. The van der Waals surface area contributed by atoms with Gasteiger partial charge in [0.25, 0.3) is 0 Å². The van der Waals surface area contributed by atoms with E-state index in [4.69, 9.17) is 5.73 Å². The molecule has 0 unspecified atom stereocenters. The van der Waals surface area contributed by atoms with Gasteiger partial charge in [-0.25, -0.2) is 4.98 Å². The molecule has 0 aliphatic rings. The molecule has 88 valence electrons. The molecule has 6 heteroatoms. The zero-order valence-electron chi connectivity index (χ0n) is 9.71. The summed E-state index contributed by atoms with van der Waals surface area (Å²) in [5.41, 5.74) is 8.75. The minimum absolute atomic E-state index is 0.546. The van der Waals surface area contributed by atoms with Crippen molar-refractivity contribution in [3.63, 3.8) is 0 Å². The molecule has 3 aromatic rings. The van der Waals surface area contributed by atoms with Crippen LogP contribution in [-0.2, 0) is 13.6 Å². The van der Waals surface area contributed by atoms with Gasteiger partial charge in [-0.05, 0) is 18.4 Å². The highest BCUT2D eigenvalue weighted by molar-refractivity contribution is 7.09. The number of fused-ring (bicyclic) bond motifs is 1. The van der Waals surface area contributed by atoms with Crippen molar-refractivity contribution in [2.75, 3.05) is 5.73 Å². The highest BCUT2D eigenvalue weighted by Crippen LogP contribution is 2.22. The highest BCUT2D eigenvalue weighted by atomic mass is 32.1. The first-order chi connectivity index (χ1) is 8.16. The molecule has 2 N–H and O–H groups in total. The van der Waals surface area contributed by atoms with Crippen molar-refractivity contribution >= 4 is 28.4 Å². The van der Waals surface area contributed by atoms with Crippen LogP contribution in [0.15, 0.2) is 17.5 Å². The number of aryl methyl sites for hydroxylation is 2. The van der Waals surface area contributed by atoms with Gasteiger partial charge in [-0.15, -0.1) is 11.3 Å². The van der Waals surface area contributed by atoms with Crippen LogP contribution in [0.4, 0.5) is 5.95 Å². The number of nitrogen functional groups attached to an aromatic ring is 1. The normalized spacial score (nSPS) is 11.4. The summed E-state index contributed by atoms with van der Waals surface area (Å²) in [7, 11) is 1.92. The Labute approximate surface area is 102 Å². The average Bonchev–Trinajstić information content (AvgIpc) is 2.93. The van der Waals surface area contributed by atoms with Gasteiger partial charge in [0.1, 0.15) is 5.52 Å². The molecule has 0 aromatic carbocycles. The molecular formula is C11H13N5S. The largest absolute Gasteiger partial charge is 0.369 e. The molecule has 0 aliphatic heterocycles. The number of anilines is 1. The first-order valence-corrected chi connectivity index (χ1v) is 6.22. The summed E-state index contributed by atoms with van der Waals surface area (Å²) in [5.74, 6) is 0.546. The zero-order valence-corrected chi connectivity index (χ0v) is 10.5. The van der Waals surface area contributed by atoms with Crippen LogP contribution in [0, 0.1) is 6.92 Å². The fraction of sp³-hybridized carbons (Fsp3) is 0.273. The van der Waals surface area contributed by atoms with Crippen LogP contribution in [0.3, 0.4) is 0 Å². The Morgan fingerprint density at radius 2 is 2.29 bits per heavy atom. The van der Waals surface area contributed by atoms with E-state index in [0.29, 0.717) is 5.95 Å². The smallest absolute Gasteiger partial charge is 0.202 e. The van der Waals surface area contributed by atoms with Gasteiger partial charge in [-0.2, -0.15) is 5.10 Å². The van der Waals surface area contributed by atoms with Gasteiger partial charge >= 0.3 is 0 Å². The van der Waals surface area contributed by atoms with E-state index in [9.17, 15) is 0 Å². The van der Waals surface area contributed by atoms with E-state index in [1.54, 1.807) is 11.3 Å². The van der Waals surface area contributed by atoms with E-state index in [1.165, 1.54) is 4.88 Å². The molecule has 0 atom stereocenters. The summed E-state index contributed by atoms with van der Waals surface area (Å²) in [6.07, 6.45) is 0. The predicted molar refractivity (Wildman–Crippen MR) is 69.1 cm³/mol. The number of imidazole rings is 1. The van der Waals surface area contributed by atoms with Gasteiger partial charge in [0, 0.05) is 11.9 Å². The topological polar surface area (TPSA) is 61.7 Å². The Bertz CT molecular complexity index is 662. The van der Waals surface area contributed by atoms with Crippen molar-refractivity contribution in [1.82, 2.24) is 19.3 Å². The number of rotatable bonds is 2. The van der Waals surface area contributed by atoms with E-state index in [2.05, 4.69) is 21.5 Å². The van der Waals surface area contributed by atoms with E-state index in [-0.39, 0.29) is 0 Å². The van der Waals surface area contributed by atoms with Crippen molar-refractivity contribution in [2.45, 2.75) is 13.5 Å². The summed E-state index contributed by atoms with van der Waals surface area (Å²) in [6.45, 7) is 2.70. The van der Waals surface area contributed by atoms with E-state index < -0.39 is 0 Å². The number of thiophene rings is 1. The Balaban J connectivity index is 2.18. The van der Waals surface area contributed by atoms with Crippen molar-refractivity contribution in [2.24, 2.45) is 7.05 Å². The third kappa shape index (κ3) is 1.52. The lowest BCUT2D eigenvalue weighted by atomic mass is 10.4. The van der Waals surface area contributed by atoms with Crippen molar-refractivity contribution in [3.05, 3.63) is 28.1 Å². The molecule has 0 spiro atoms. The van der Waals surface area contributed by atoms with Crippen molar-refractivity contribution in [3.8, 4) is 0 Å². The molecule has 3 aromatic heterocycles. The second kappa shape index (κ2) is 3.59. The molecule has 0 aliphatic carbocycles. The van der Waals surface area contributed by atoms with Gasteiger partial charge in [-0.1, -0.05) is 6.07 Å². The van der Waals surface area contributed by atoms with Crippen LogP contribution in [0.2, 0.25) is 0 Å². The van der Waals surface area contributed by atoms with Crippen LogP contribution in [0.1, 0.15) is 10.6 Å². The number of nitrogens with two attached hydrogens (primary N) is 1.